The Kier molecular flexibility index (Phi) is 2.99. The van der Waals surface area contributed by atoms with Crippen molar-refractivity contribution in [3.05, 3.63) is 12.7 Å². The zero-order valence-corrected chi connectivity index (χ0v) is 9.86. The van der Waals surface area contributed by atoms with Crippen molar-refractivity contribution in [2.24, 2.45) is 5.73 Å². The average Bonchev–Trinajstić information content (AvgIpc) is 2.74. The largest absolute Gasteiger partial charge is 0.480 e. The third-order valence-corrected chi connectivity index (χ3v) is 3.51. The highest BCUT2D eigenvalue weighted by Crippen LogP contribution is 2.24. The van der Waals surface area contributed by atoms with Crippen LogP contribution in [0, 0.1) is 0 Å². The van der Waals surface area contributed by atoms with Gasteiger partial charge in [0.1, 0.15) is 22.4 Å². The van der Waals surface area contributed by atoms with Crippen LogP contribution in [-0.4, -0.2) is 42.3 Å². The van der Waals surface area contributed by atoms with Crippen LogP contribution < -0.4 is 5.73 Å². The molecule has 90 valence electrons. The van der Waals surface area contributed by atoms with E-state index in [0.29, 0.717) is 16.2 Å². The Morgan fingerprint density at radius 2 is 2.35 bits per heavy atom. The minimum absolute atomic E-state index is 0.216. The molecular weight excluding hydrogens is 242 g/mol. The fourth-order valence-electron chi connectivity index (χ4n) is 1.13. The first-order chi connectivity index (χ1) is 8.00. The number of nitrogens with zero attached hydrogens (tertiary/aromatic N) is 3. The number of nitrogens with one attached hydrogen (secondary N) is 1. The third kappa shape index (κ3) is 2.37. The average molecular weight is 253 g/mol. The van der Waals surface area contributed by atoms with Crippen molar-refractivity contribution in [3.8, 4) is 0 Å². The summed E-state index contributed by atoms with van der Waals surface area (Å²) < 4.78 is 0. The Hall–Kier alpha value is -1.67. The zero-order valence-electron chi connectivity index (χ0n) is 9.04. The molecule has 4 N–H and O–H groups in total. The van der Waals surface area contributed by atoms with E-state index in [2.05, 4.69) is 19.9 Å². The molecule has 2 heterocycles. The summed E-state index contributed by atoms with van der Waals surface area (Å²) in [5.74, 6) is -0.826. The molecule has 0 spiro atoms. The number of aromatic amines is 1. The summed E-state index contributed by atoms with van der Waals surface area (Å²) >= 11 is 1.26. The highest BCUT2D eigenvalue weighted by molar-refractivity contribution is 7.99. The van der Waals surface area contributed by atoms with Crippen LogP contribution in [0.1, 0.15) is 6.92 Å². The van der Waals surface area contributed by atoms with E-state index < -0.39 is 11.5 Å². The standard InChI is InChI=1S/C9H11N5O2S/c1-9(10,8(15)16)2-17-7-5-6(12-3-11-5)13-4-14-7/h3-4H,2,10H2,1H3,(H,15,16)(H,11,12,13,14). The van der Waals surface area contributed by atoms with Crippen molar-refractivity contribution in [1.82, 2.24) is 19.9 Å². The monoisotopic (exact) mass is 253 g/mol. The molecule has 0 aliphatic carbocycles. The second kappa shape index (κ2) is 4.30. The van der Waals surface area contributed by atoms with E-state index >= 15 is 0 Å². The van der Waals surface area contributed by atoms with E-state index in [-0.39, 0.29) is 5.75 Å². The van der Waals surface area contributed by atoms with E-state index in [4.69, 9.17) is 10.8 Å². The van der Waals surface area contributed by atoms with E-state index in [0.717, 1.165) is 0 Å². The number of nitrogens with two attached hydrogens (primary N) is 1. The normalized spacial score (nSPS) is 14.7. The molecular formula is C9H11N5O2S. The van der Waals surface area contributed by atoms with Gasteiger partial charge in [0, 0.05) is 5.75 Å². The summed E-state index contributed by atoms with van der Waals surface area (Å²) in [6, 6.07) is 0. The van der Waals surface area contributed by atoms with Crippen LogP contribution in [0.25, 0.3) is 11.2 Å². The summed E-state index contributed by atoms with van der Waals surface area (Å²) in [5.41, 5.74) is 5.59. The molecule has 0 aromatic carbocycles. The summed E-state index contributed by atoms with van der Waals surface area (Å²) in [5, 5.41) is 9.55. The number of fused-ring (bicyclic) bond motifs is 1. The molecule has 0 amide bonds. The molecule has 7 nitrogen and oxygen atoms in total. The maximum Gasteiger partial charge on any atom is 0.324 e. The van der Waals surface area contributed by atoms with Crippen molar-refractivity contribution in [2.45, 2.75) is 17.5 Å². The fraction of sp³-hybridized carbons (Fsp3) is 0.333. The van der Waals surface area contributed by atoms with E-state index in [1.54, 1.807) is 0 Å². The van der Waals surface area contributed by atoms with Gasteiger partial charge in [0.2, 0.25) is 0 Å². The predicted octanol–water partition coefficient (Wildman–Crippen LogP) is 0.247. The number of carboxylic acids is 1. The van der Waals surface area contributed by atoms with Gasteiger partial charge in [0.25, 0.3) is 0 Å². The van der Waals surface area contributed by atoms with Crippen LogP contribution in [-0.2, 0) is 4.79 Å². The van der Waals surface area contributed by atoms with E-state index in [1.165, 1.54) is 31.3 Å². The van der Waals surface area contributed by atoms with Gasteiger partial charge >= 0.3 is 5.97 Å². The molecule has 1 unspecified atom stereocenters. The molecule has 0 saturated heterocycles. The number of aliphatic carboxylic acids is 1. The van der Waals surface area contributed by atoms with Gasteiger partial charge in [-0.2, -0.15) is 0 Å². The summed E-state index contributed by atoms with van der Waals surface area (Å²) in [6.45, 7) is 1.47. The number of thioether (sulfide) groups is 1. The fourth-order valence-corrected chi connectivity index (χ4v) is 2.11. The second-order valence-electron chi connectivity index (χ2n) is 3.79. The molecule has 0 bridgehead atoms. The number of carbonyl (C=O) groups is 1. The molecule has 0 fully saturated rings. The van der Waals surface area contributed by atoms with Gasteiger partial charge in [-0.05, 0) is 6.92 Å². The Balaban J connectivity index is 2.19. The van der Waals surface area contributed by atoms with Crippen LogP contribution in [0.5, 0.6) is 0 Å². The lowest BCUT2D eigenvalue weighted by Crippen LogP contribution is -2.47. The minimum Gasteiger partial charge on any atom is -0.480 e. The minimum atomic E-state index is -1.29. The van der Waals surface area contributed by atoms with Crippen molar-refractivity contribution >= 4 is 28.9 Å². The highest BCUT2D eigenvalue weighted by Gasteiger charge is 2.28. The third-order valence-electron chi connectivity index (χ3n) is 2.19. The molecule has 17 heavy (non-hydrogen) atoms. The summed E-state index contributed by atoms with van der Waals surface area (Å²) in [6.07, 6.45) is 2.91. The van der Waals surface area contributed by atoms with Crippen LogP contribution in [0.2, 0.25) is 0 Å². The van der Waals surface area contributed by atoms with Gasteiger partial charge in [0.15, 0.2) is 5.65 Å². The van der Waals surface area contributed by atoms with Crippen molar-refractivity contribution in [1.29, 1.82) is 0 Å². The maximum atomic E-state index is 10.9. The van der Waals surface area contributed by atoms with Gasteiger partial charge in [0.05, 0.1) is 6.33 Å². The van der Waals surface area contributed by atoms with E-state index in [9.17, 15) is 4.79 Å². The molecule has 8 heteroatoms. The summed E-state index contributed by atoms with van der Waals surface area (Å²) in [7, 11) is 0. The molecule has 2 rings (SSSR count). The number of aromatic nitrogens is 4. The Labute approximate surface area is 101 Å². The Bertz CT molecular complexity index is 553. The van der Waals surface area contributed by atoms with Crippen LogP contribution in [0.15, 0.2) is 17.7 Å². The number of hydrogen-bond acceptors (Lipinski definition) is 6. The molecule has 2 aromatic rings. The molecule has 2 aromatic heterocycles. The van der Waals surface area contributed by atoms with Crippen LogP contribution >= 0.6 is 11.8 Å². The molecule has 0 aliphatic rings. The van der Waals surface area contributed by atoms with Crippen LogP contribution in [0.4, 0.5) is 0 Å². The summed E-state index contributed by atoms with van der Waals surface area (Å²) in [4.78, 5) is 25.8. The lowest BCUT2D eigenvalue weighted by atomic mass is 10.1. The van der Waals surface area contributed by atoms with Gasteiger partial charge in [-0.1, -0.05) is 0 Å². The van der Waals surface area contributed by atoms with Gasteiger partial charge in [-0.3, -0.25) is 4.79 Å². The topological polar surface area (TPSA) is 118 Å². The first-order valence-corrected chi connectivity index (χ1v) is 5.78. The quantitative estimate of drug-likeness (QED) is 0.528. The lowest BCUT2D eigenvalue weighted by Gasteiger charge is -2.17. The molecule has 0 saturated carbocycles. The number of rotatable bonds is 4. The predicted molar refractivity (Wildman–Crippen MR) is 62.6 cm³/mol. The van der Waals surface area contributed by atoms with Gasteiger partial charge < -0.3 is 15.8 Å². The van der Waals surface area contributed by atoms with Crippen LogP contribution in [0.3, 0.4) is 0 Å². The van der Waals surface area contributed by atoms with Gasteiger partial charge in [-0.15, -0.1) is 11.8 Å². The zero-order chi connectivity index (χ0) is 12.5. The van der Waals surface area contributed by atoms with Crippen molar-refractivity contribution in [3.63, 3.8) is 0 Å². The Morgan fingerprint density at radius 3 is 3.06 bits per heavy atom. The first kappa shape index (κ1) is 11.8. The second-order valence-corrected chi connectivity index (χ2v) is 4.76. The number of H-pyrrole nitrogens is 1. The number of hydrogen-bond donors (Lipinski definition) is 3. The smallest absolute Gasteiger partial charge is 0.324 e. The number of carboxylic acid groups (broad SMARTS) is 1. The number of imidazole rings is 1. The molecule has 0 aliphatic heterocycles. The van der Waals surface area contributed by atoms with E-state index in [1.807, 2.05) is 0 Å². The molecule has 0 radical (unpaired) electrons. The first-order valence-electron chi connectivity index (χ1n) is 4.80. The SMILES string of the molecule is CC(N)(CSc1ncnc2nc[nH]c12)C(=O)O. The lowest BCUT2D eigenvalue weighted by molar-refractivity contribution is -0.141. The van der Waals surface area contributed by atoms with Crippen molar-refractivity contribution < 1.29 is 9.90 Å². The molecule has 1 atom stereocenters. The van der Waals surface area contributed by atoms with Crippen molar-refractivity contribution in [2.75, 3.05) is 5.75 Å². The van der Waals surface area contributed by atoms with Gasteiger partial charge in [-0.25, -0.2) is 15.0 Å². The Morgan fingerprint density at radius 1 is 1.59 bits per heavy atom. The maximum absolute atomic E-state index is 10.9. The highest BCUT2D eigenvalue weighted by atomic mass is 32.2.